The molecule has 0 radical (unpaired) electrons. The number of rotatable bonds is 3. The van der Waals surface area contributed by atoms with Crippen LogP contribution >= 0.6 is 0 Å². The minimum Gasteiger partial charge on any atom is -0.508 e. The Bertz CT molecular complexity index is 1230. The number of phenolic OH excluding ortho intramolecular Hbond substituents is 1. The number of nitrogens with zero attached hydrogens (tertiary/aromatic N) is 1. The third-order valence-corrected chi connectivity index (χ3v) is 4.65. The zero-order chi connectivity index (χ0) is 20.1. The average Bonchev–Trinajstić information content (AvgIpc) is 3.23. The van der Waals surface area contributed by atoms with Crippen LogP contribution in [0.25, 0.3) is 16.4 Å². The number of carbonyl (C=O) groups excluding carboxylic acids is 2. The summed E-state index contributed by atoms with van der Waals surface area (Å²) >= 11 is 0. The monoisotopic (exact) mass is 375 g/mol. The molecule has 0 aliphatic heterocycles. The topological polar surface area (TPSA) is 86.6 Å². The molecule has 3 heterocycles. The van der Waals surface area contributed by atoms with E-state index >= 15 is 0 Å². The van der Waals surface area contributed by atoms with Crippen molar-refractivity contribution < 1.29 is 14.7 Å². The third kappa shape index (κ3) is 3.24. The molecule has 0 spiro atoms. The van der Waals surface area contributed by atoms with Crippen molar-refractivity contribution in [2.75, 3.05) is 5.32 Å². The molecule has 0 aliphatic carbocycles. The fraction of sp³-hybridized carbons (Fsp3) is 0.182. The molecule has 4 rings (SSSR count). The van der Waals surface area contributed by atoms with Crippen LogP contribution in [0.4, 0.5) is 5.69 Å². The van der Waals surface area contributed by atoms with Crippen LogP contribution in [0.1, 0.15) is 41.6 Å². The zero-order valence-electron chi connectivity index (χ0n) is 15.9. The summed E-state index contributed by atoms with van der Waals surface area (Å²) in [6, 6.07) is 12.0. The van der Waals surface area contributed by atoms with Gasteiger partial charge in [0.2, 0.25) is 0 Å². The summed E-state index contributed by atoms with van der Waals surface area (Å²) in [6.45, 7) is 5.68. The molecule has 0 atom stereocenters. The fourth-order valence-corrected chi connectivity index (χ4v) is 3.18. The number of phenols is 1. The summed E-state index contributed by atoms with van der Waals surface area (Å²) in [5.41, 5.74) is 2.83. The molecule has 6 heteroatoms. The first-order valence-electron chi connectivity index (χ1n) is 9.00. The first-order valence-corrected chi connectivity index (χ1v) is 9.00. The van der Waals surface area contributed by atoms with Gasteiger partial charge < -0.3 is 19.8 Å². The van der Waals surface area contributed by atoms with Crippen molar-refractivity contribution in [1.82, 2.24) is 9.38 Å². The lowest BCUT2D eigenvalue weighted by atomic mass is 9.87. The maximum atomic E-state index is 12.6. The predicted molar refractivity (Wildman–Crippen MR) is 109 cm³/mol. The number of ketones is 1. The number of nitrogens with one attached hydrogen (secondary N) is 2. The Kier molecular flexibility index (Phi) is 4.00. The number of aromatic amines is 1. The van der Waals surface area contributed by atoms with Crippen molar-refractivity contribution in [3.05, 3.63) is 66.1 Å². The number of pyridine rings is 1. The van der Waals surface area contributed by atoms with E-state index in [2.05, 4.69) is 10.3 Å². The number of hydrogen-bond donors (Lipinski definition) is 3. The lowest BCUT2D eigenvalue weighted by Gasteiger charge is -2.14. The molecule has 1 amide bonds. The molecule has 6 nitrogen and oxygen atoms in total. The molecule has 3 aromatic heterocycles. The molecule has 0 saturated carbocycles. The summed E-state index contributed by atoms with van der Waals surface area (Å²) in [7, 11) is 0. The Morgan fingerprint density at radius 1 is 1.07 bits per heavy atom. The first kappa shape index (κ1) is 17.9. The lowest BCUT2D eigenvalue weighted by Crippen LogP contribution is -2.19. The van der Waals surface area contributed by atoms with Gasteiger partial charge in [-0.2, -0.15) is 0 Å². The van der Waals surface area contributed by atoms with Crippen LogP contribution in [0.5, 0.6) is 5.75 Å². The first-order chi connectivity index (χ1) is 13.2. The Morgan fingerprint density at radius 2 is 1.86 bits per heavy atom. The summed E-state index contributed by atoms with van der Waals surface area (Å²) < 4.78 is 1.86. The molecule has 1 aromatic carbocycles. The van der Waals surface area contributed by atoms with E-state index in [-0.39, 0.29) is 17.4 Å². The van der Waals surface area contributed by atoms with Crippen LogP contribution < -0.4 is 5.32 Å². The molecule has 4 aromatic rings. The number of benzene rings is 1. The highest BCUT2D eigenvalue weighted by molar-refractivity contribution is 6.06. The van der Waals surface area contributed by atoms with E-state index in [0.29, 0.717) is 16.9 Å². The molecule has 0 fully saturated rings. The molecule has 0 unspecified atom stereocenters. The number of carbonyl (C=O) groups is 2. The Balaban J connectivity index is 1.60. The van der Waals surface area contributed by atoms with E-state index < -0.39 is 5.41 Å². The second-order valence-electron chi connectivity index (χ2n) is 7.96. The lowest BCUT2D eigenvalue weighted by molar-refractivity contribution is 0.0858. The third-order valence-electron chi connectivity index (χ3n) is 4.65. The van der Waals surface area contributed by atoms with E-state index in [0.717, 1.165) is 16.4 Å². The number of hydrogen-bond acceptors (Lipinski definition) is 3. The van der Waals surface area contributed by atoms with Crippen molar-refractivity contribution in [3.8, 4) is 5.75 Å². The Hall–Kier alpha value is -3.54. The quantitative estimate of drug-likeness (QED) is 0.457. The van der Waals surface area contributed by atoms with Crippen molar-refractivity contribution >= 4 is 33.8 Å². The van der Waals surface area contributed by atoms with Crippen LogP contribution in [-0.2, 0) is 0 Å². The van der Waals surface area contributed by atoms with Gasteiger partial charge in [0.05, 0.1) is 0 Å². The van der Waals surface area contributed by atoms with Crippen LogP contribution in [0.15, 0.2) is 54.9 Å². The number of aromatic hydroxyl groups is 1. The second kappa shape index (κ2) is 6.27. The molecule has 0 aliphatic rings. The van der Waals surface area contributed by atoms with Crippen LogP contribution in [0, 0.1) is 5.41 Å². The van der Waals surface area contributed by atoms with Gasteiger partial charge in [-0.05, 0) is 42.5 Å². The van der Waals surface area contributed by atoms with Crippen molar-refractivity contribution in [2.45, 2.75) is 20.8 Å². The Labute approximate surface area is 161 Å². The maximum absolute atomic E-state index is 12.6. The normalized spacial score (nSPS) is 11.8. The summed E-state index contributed by atoms with van der Waals surface area (Å²) in [4.78, 5) is 28.1. The number of amides is 1. The number of H-pyrrole nitrogens is 1. The minimum atomic E-state index is -0.452. The second-order valence-corrected chi connectivity index (χ2v) is 7.96. The smallest absolute Gasteiger partial charge is 0.272 e. The number of fused-ring (bicyclic) bond motifs is 2. The highest BCUT2D eigenvalue weighted by Gasteiger charge is 2.24. The molecule has 3 N–H and O–H groups in total. The van der Waals surface area contributed by atoms with Crippen LogP contribution in [0.2, 0.25) is 0 Å². The molecule has 0 bridgehead atoms. The predicted octanol–water partition coefficient (Wildman–Crippen LogP) is 4.61. The standard InChI is InChI=1S/C22H21N3O3/c1-22(2,3)20(27)14-8-16-11-15(6-7-25(16)12-14)23-21(28)19-10-13-9-17(26)4-5-18(13)24-19/h4-12,24,26H,1-3H3,(H,23,28). The summed E-state index contributed by atoms with van der Waals surface area (Å²) in [6.07, 6.45) is 3.62. The van der Waals surface area contributed by atoms with Gasteiger partial charge in [-0.25, -0.2) is 0 Å². The molecule has 142 valence electrons. The average molecular weight is 375 g/mol. The highest BCUT2D eigenvalue weighted by atomic mass is 16.3. The van der Waals surface area contributed by atoms with Gasteiger partial charge in [0.25, 0.3) is 5.91 Å². The van der Waals surface area contributed by atoms with Crippen molar-refractivity contribution in [2.24, 2.45) is 5.41 Å². The van der Waals surface area contributed by atoms with Crippen molar-refractivity contribution in [1.29, 1.82) is 0 Å². The van der Waals surface area contributed by atoms with E-state index in [1.165, 1.54) is 0 Å². The number of anilines is 1. The SMILES string of the molecule is CC(C)(C)C(=O)c1cc2cc(NC(=O)c3cc4cc(O)ccc4[nH]3)ccn2c1. The minimum absolute atomic E-state index is 0.0723. The highest BCUT2D eigenvalue weighted by Crippen LogP contribution is 2.24. The summed E-state index contributed by atoms with van der Waals surface area (Å²) in [5, 5.41) is 13.2. The van der Waals surface area contributed by atoms with E-state index in [4.69, 9.17) is 0 Å². The number of Topliss-reactive ketones (excluding diaryl/α,β-unsaturated/α-hetero) is 1. The molecular weight excluding hydrogens is 354 g/mol. The zero-order valence-corrected chi connectivity index (χ0v) is 15.9. The molecule has 0 saturated heterocycles. The summed E-state index contributed by atoms with van der Waals surface area (Å²) in [5.74, 6) is -0.0570. The van der Waals surface area contributed by atoms with Gasteiger partial charge in [0, 0.05) is 45.5 Å². The largest absolute Gasteiger partial charge is 0.508 e. The maximum Gasteiger partial charge on any atom is 0.272 e. The van der Waals surface area contributed by atoms with E-state index in [1.807, 2.05) is 43.5 Å². The van der Waals surface area contributed by atoms with Gasteiger partial charge >= 0.3 is 0 Å². The van der Waals surface area contributed by atoms with E-state index in [1.54, 1.807) is 36.5 Å². The van der Waals surface area contributed by atoms with Gasteiger partial charge in [0.15, 0.2) is 5.78 Å². The van der Waals surface area contributed by atoms with E-state index in [9.17, 15) is 14.7 Å². The molecule has 28 heavy (non-hydrogen) atoms. The van der Waals surface area contributed by atoms with Crippen LogP contribution in [0.3, 0.4) is 0 Å². The van der Waals surface area contributed by atoms with Gasteiger partial charge in [-0.3, -0.25) is 9.59 Å². The number of aromatic nitrogens is 2. The van der Waals surface area contributed by atoms with Gasteiger partial charge in [0.1, 0.15) is 11.4 Å². The fourth-order valence-electron chi connectivity index (χ4n) is 3.18. The van der Waals surface area contributed by atoms with Gasteiger partial charge in [-0.1, -0.05) is 20.8 Å². The van der Waals surface area contributed by atoms with Crippen LogP contribution in [-0.4, -0.2) is 26.2 Å². The van der Waals surface area contributed by atoms with Crippen molar-refractivity contribution in [3.63, 3.8) is 0 Å². The Morgan fingerprint density at radius 3 is 2.61 bits per heavy atom. The molecular formula is C22H21N3O3. The van der Waals surface area contributed by atoms with Gasteiger partial charge in [-0.15, -0.1) is 0 Å².